The highest BCUT2D eigenvalue weighted by molar-refractivity contribution is 7.81. The van der Waals surface area contributed by atoms with E-state index in [0.717, 1.165) is 0 Å². The van der Waals surface area contributed by atoms with Crippen LogP contribution in [-0.4, -0.2) is 151 Å². The molecule has 3 aromatic carbocycles. The highest BCUT2D eigenvalue weighted by Crippen LogP contribution is 2.19. The van der Waals surface area contributed by atoms with Crippen molar-refractivity contribution >= 4 is 97.9 Å². The normalized spacial score (nSPS) is 13.0. The number of benzene rings is 3. The summed E-state index contributed by atoms with van der Waals surface area (Å²) in [7, 11) is 0. The number of unbranched alkanes of at least 4 members (excludes halogenated alkanes) is 1. The lowest BCUT2D eigenvalue weighted by molar-refractivity contribution is -0.131. The number of amides is 6. The lowest BCUT2D eigenvalue weighted by atomic mass is 9.88. The van der Waals surface area contributed by atoms with Crippen molar-refractivity contribution in [2.75, 3.05) is 86.5 Å². The van der Waals surface area contributed by atoms with Crippen LogP contribution in [0.15, 0.2) is 72.8 Å². The molecule has 12 N–H and O–H groups in total. The molecule has 6 amide bonds. The number of carbonyl (C=O) groups is 8. The van der Waals surface area contributed by atoms with E-state index in [4.69, 9.17) is 27.9 Å². The van der Waals surface area contributed by atoms with Crippen LogP contribution in [0.3, 0.4) is 0 Å². The van der Waals surface area contributed by atoms with Crippen LogP contribution in [0.1, 0.15) is 122 Å². The molecule has 3 atom stereocenters. The molecule has 0 fully saturated rings. The minimum Gasteiger partial charge on any atom is -0.378 e. The van der Waals surface area contributed by atoms with Gasteiger partial charge in [-0.3, -0.25) is 66.2 Å². The van der Waals surface area contributed by atoms with Crippen molar-refractivity contribution in [2.24, 2.45) is 5.41 Å². The zero-order valence-electron chi connectivity index (χ0n) is 46.3. The molecular weight excluding hydrogens is 1130 g/mol. The van der Waals surface area contributed by atoms with Crippen molar-refractivity contribution in [3.63, 3.8) is 0 Å². The third-order valence-corrected chi connectivity index (χ3v) is 13.0. The quantitative estimate of drug-likeness (QED) is 0.0219. The molecule has 3 unspecified atom stereocenters. The fourth-order valence-electron chi connectivity index (χ4n) is 7.37. The summed E-state index contributed by atoms with van der Waals surface area (Å²) >= 11 is -6.76. The van der Waals surface area contributed by atoms with Crippen LogP contribution in [-0.2, 0) is 72.0 Å². The molecule has 0 aliphatic carbocycles. The van der Waals surface area contributed by atoms with Crippen LogP contribution in [0, 0.1) is 5.41 Å². The van der Waals surface area contributed by atoms with Crippen molar-refractivity contribution in [3.05, 3.63) is 89.5 Å². The Morgan fingerprint density at radius 3 is 1.13 bits per heavy atom. The molecule has 29 heteroatoms. The largest absolute Gasteiger partial charge is 0.378 e. The second kappa shape index (κ2) is 38.3. The van der Waals surface area contributed by atoms with E-state index < -0.39 is 50.7 Å². The van der Waals surface area contributed by atoms with Crippen LogP contribution in [0.5, 0.6) is 0 Å². The molecule has 26 nitrogen and oxygen atoms in total. The van der Waals surface area contributed by atoms with Gasteiger partial charge in [0.2, 0.25) is 23.6 Å². The molecule has 0 heterocycles. The fraction of sp³-hybridized carbons (Fsp3) is 0.509. The Labute approximate surface area is 484 Å². The Balaban J connectivity index is 1.58. The number of ether oxygens (including phenoxy) is 3. The molecule has 0 bridgehead atoms. The van der Waals surface area contributed by atoms with Gasteiger partial charge in [0.05, 0.1) is 39.6 Å². The van der Waals surface area contributed by atoms with Gasteiger partial charge in [0.25, 0.3) is 45.6 Å². The van der Waals surface area contributed by atoms with Gasteiger partial charge in [-0.05, 0) is 105 Å². The fourth-order valence-corrected chi connectivity index (χ4v) is 8.38. The standard InChI is InChI=1S/C53H77N9O17S3/c1-52(2,3)45(64)10-6-11-49(68)59-53(35-77-32-24-46(65)54-27-5-4-9-44(63)38-12-18-41(19-13-38)60-80(71)72,36-78-33-25-47(66)55-28-7-30-57-50(69)39-14-20-42(21-15-39)61-81(73)74)37-79-34-26-48(67)56-29-8-31-58-51(70)40-16-22-43(23-17-40)62-82(75)76/h12-23,60-62H,4-11,24-37H2,1-3H3,(H,54,65)(H,55,66)(H,56,67)(H,57,69)(H,58,70)(H,59,68)(H,71,72)(H,73,74)(H,75,76). The summed E-state index contributed by atoms with van der Waals surface area (Å²) in [5, 5.41) is 16.7. The second-order valence-electron chi connectivity index (χ2n) is 19.7. The van der Waals surface area contributed by atoms with Gasteiger partial charge in [0.1, 0.15) is 11.3 Å². The molecule has 0 aromatic heterocycles. The summed E-state index contributed by atoms with van der Waals surface area (Å²) in [6.07, 6.45) is 2.07. The van der Waals surface area contributed by atoms with Gasteiger partial charge in [-0.25, -0.2) is 12.6 Å². The topological polar surface area (TPSA) is 384 Å². The first-order valence-corrected chi connectivity index (χ1v) is 29.8. The maximum atomic E-state index is 13.6. The van der Waals surface area contributed by atoms with E-state index in [-0.39, 0.29) is 158 Å². The Bertz CT molecular complexity index is 2360. The maximum Gasteiger partial charge on any atom is 0.259 e. The summed E-state index contributed by atoms with van der Waals surface area (Å²) in [5.41, 5.74) is 0.155. The minimum atomic E-state index is -2.26. The molecule has 0 aliphatic rings. The van der Waals surface area contributed by atoms with Gasteiger partial charge in [-0.15, -0.1) is 0 Å². The number of rotatable bonds is 42. The van der Waals surface area contributed by atoms with E-state index in [2.05, 4.69) is 46.1 Å². The third-order valence-electron chi connectivity index (χ3n) is 11.8. The van der Waals surface area contributed by atoms with Crippen LogP contribution in [0.25, 0.3) is 0 Å². The predicted molar refractivity (Wildman–Crippen MR) is 309 cm³/mol. The number of hydrogen-bond donors (Lipinski definition) is 12. The van der Waals surface area contributed by atoms with Gasteiger partial charge >= 0.3 is 0 Å². The van der Waals surface area contributed by atoms with Crippen LogP contribution < -0.4 is 46.1 Å². The van der Waals surface area contributed by atoms with Crippen LogP contribution >= 0.6 is 0 Å². The smallest absolute Gasteiger partial charge is 0.259 e. The summed E-state index contributed by atoms with van der Waals surface area (Å²) < 4.78 is 84.7. The number of hydrogen-bond acceptors (Lipinski definition) is 14. The summed E-state index contributed by atoms with van der Waals surface area (Å²) in [5.74, 6) is -2.43. The van der Waals surface area contributed by atoms with Gasteiger partial charge in [0.15, 0.2) is 5.78 Å². The Morgan fingerprint density at radius 2 is 0.768 bits per heavy atom. The van der Waals surface area contributed by atoms with E-state index in [0.29, 0.717) is 59.4 Å². The van der Waals surface area contributed by atoms with Crippen molar-refractivity contribution in [1.29, 1.82) is 0 Å². The zero-order valence-corrected chi connectivity index (χ0v) is 48.7. The predicted octanol–water partition coefficient (Wildman–Crippen LogP) is 3.53. The molecule has 82 heavy (non-hydrogen) atoms. The van der Waals surface area contributed by atoms with E-state index in [1.54, 1.807) is 32.9 Å². The van der Waals surface area contributed by atoms with Crippen molar-refractivity contribution in [3.8, 4) is 0 Å². The molecule has 0 radical (unpaired) electrons. The van der Waals surface area contributed by atoms with Crippen molar-refractivity contribution < 1.29 is 78.9 Å². The monoisotopic (exact) mass is 1210 g/mol. The zero-order chi connectivity index (χ0) is 60.3. The average Bonchev–Trinajstić information content (AvgIpc) is 3.43. The van der Waals surface area contributed by atoms with Gasteiger partial charge in [-0.2, -0.15) is 0 Å². The number of anilines is 3. The average molecular weight is 1210 g/mol. The van der Waals surface area contributed by atoms with Crippen LogP contribution in [0.4, 0.5) is 17.1 Å². The van der Waals surface area contributed by atoms with E-state index in [1.165, 1.54) is 60.7 Å². The molecule has 0 saturated carbocycles. The summed E-state index contributed by atoms with van der Waals surface area (Å²) in [6, 6.07) is 18.0. The maximum absolute atomic E-state index is 13.6. The van der Waals surface area contributed by atoms with Gasteiger partial charge in [-0.1, -0.05) is 20.8 Å². The number of ketones is 2. The van der Waals surface area contributed by atoms with Crippen molar-refractivity contribution in [1.82, 2.24) is 31.9 Å². The molecule has 454 valence electrons. The Kier molecular flexibility index (Phi) is 32.5. The first-order valence-electron chi connectivity index (χ1n) is 26.4. The molecule has 0 aliphatic heterocycles. The van der Waals surface area contributed by atoms with E-state index in [1.807, 2.05) is 0 Å². The highest BCUT2D eigenvalue weighted by atomic mass is 32.2. The second-order valence-corrected chi connectivity index (χ2v) is 21.8. The lowest BCUT2D eigenvalue weighted by Gasteiger charge is -2.34. The van der Waals surface area contributed by atoms with E-state index in [9.17, 15) is 51.0 Å². The number of Topliss-reactive ketones (excluding diaryl/α,β-unsaturated/α-hetero) is 2. The number of carbonyl (C=O) groups excluding carboxylic acids is 8. The van der Waals surface area contributed by atoms with Gasteiger partial charge < -0.3 is 46.1 Å². The van der Waals surface area contributed by atoms with Crippen molar-refractivity contribution in [2.45, 2.75) is 96.9 Å². The third kappa shape index (κ3) is 30.5. The molecule has 0 spiro atoms. The Morgan fingerprint density at radius 1 is 0.415 bits per heavy atom. The summed E-state index contributed by atoms with van der Waals surface area (Å²) in [6.45, 7) is 5.51. The first kappa shape index (κ1) is 69.7. The van der Waals surface area contributed by atoms with Crippen LogP contribution in [0.2, 0.25) is 0 Å². The minimum absolute atomic E-state index is 0.0274. The molecular formula is C53H77N9O17S3. The SMILES string of the molecule is CC(C)(C)C(=O)CCCC(=O)NC(COCCC(=O)NCCCCC(=O)c1ccc(NS(=O)O)cc1)(COCCC(=O)NCCCNC(=O)c1ccc(NS(=O)O)cc1)COCCC(=O)NCCCNC(=O)c1ccc(NS(=O)O)cc1. The highest BCUT2D eigenvalue weighted by Gasteiger charge is 2.34. The Hall–Kier alpha value is -6.57. The molecule has 3 rings (SSSR count). The summed E-state index contributed by atoms with van der Waals surface area (Å²) in [4.78, 5) is 102. The molecule has 0 saturated heterocycles. The first-order chi connectivity index (χ1) is 39.0. The lowest BCUT2D eigenvalue weighted by Crippen LogP contribution is -2.58. The van der Waals surface area contributed by atoms with E-state index >= 15 is 0 Å². The van der Waals surface area contributed by atoms with Gasteiger partial charge in [0, 0.05) is 110 Å². The number of nitrogens with one attached hydrogen (secondary N) is 9. The molecule has 3 aromatic rings.